The Bertz CT molecular complexity index is 1580. The van der Waals surface area contributed by atoms with E-state index in [1.54, 1.807) is 7.11 Å². The lowest BCUT2D eigenvalue weighted by atomic mass is 9.84. The van der Waals surface area contributed by atoms with Crippen LogP contribution in [0.4, 0.5) is 26.3 Å². The van der Waals surface area contributed by atoms with Crippen molar-refractivity contribution in [3.05, 3.63) is 24.8 Å². The predicted octanol–water partition coefficient (Wildman–Crippen LogP) is 40.0. The third kappa shape index (κ3) is 245. The van der Waals surface area contributed by atoms with Crippen molar-refractivity contribution in [3.63, 3.8) is 0 Å². The fourth-order valence-corrected chi connectivity index (χ4v) is 5.22. The van der Waals surface area contributed by atoms with Crippen LogP contribution in [0.3, 0.4) is 0 Å². The SMILES string of the molecule is C.C#CCC.C=C(C)CC.C=CCC.CC#CCC.CC(C)C(C)(C)C.CC(C)C(C)C.CC(C)C(F)(F)F.CC(C)C1CC1.CC(C)CC(C)C.CC1CC1.CC1CCCC1.CC1CCCCC1.CCC(C)(C)C.CCC(C)C.CCC(C)C.CCC(C)C.CCC(F)(F)F.CCC1CC1.CCCC.CCCOC. The summed E-state index contributed by atoms with van der Waals surface area (Å²) in [5, 5.41) is 0. The third-order valence-corrected chi connectivity index (χ3v) is 18.2. The zero-order valence-corrected chi connectivity index (χ0v) is 84.1. The summed E-state index contributed by atoms with van der Waals surface area (Å²) in [5.74, 6) is 20.1. The standard InChI is InChI=1S/C7H14.2C7H16.2C6H12.2C6H14.C5H10.3C5H12.C5H10.C5H8.C4H7F3.C4H10O.C4H8.C4H10.C4H8.C4H6.C3H5F3.CH4/c1-7-5-3-2-4-6-7;1-6(2)7(3,4)5;1-6(2)5-7(3)4;1-5(2)6-3-4-6;1-6-4-2-3-5-6;1-5-6(2,3)4;1-5(2)6(3)4;1-2-5-3-4-5;4*1-4-5(2)3;1-3-5-4-2;1-3(2)4(5,6)7;1-3-4-5-2;1-4-2-3-4;3*1-3-4-2;1-2-3(4,5)6;/h7H,2-6H2,1H3;6H,1-5H3;6-7H,5H2,1-4H3;5-6H,3-4H2,1-2H3;6H,2-5H2,1H3;5H2,1-4H3;5-6H,1-4H3;5H,2-4H2,1H3;3*5H,4H2,1-3H3;2,4H2,1,3H3;3H2,1-2H3;3H,1-2H3;3-4H2,1-2H3;4H,2-3H2,1H3;3-4H2,1-2H3;3H,1,4H2,2H3;1H,4H2,2H3;2H2,1H3;1H4. The van der Waals surface area contributed by atoms with Crippen LogP contribution in [0, 0.1) is 124 Å². The molecule has 0 spiro atoms. The van der Waals surface area contributed by atoms with Gasteiger partial charge in [0.05, 0.1) is 0 Å². The smallest absolute Gasteiger partial charge is 0.385 e. The highest BCUT2D eigenvalue weighted by atomic mass is 19.4. The topological polar surface area (TPSA) is 9.23 Å². The fourth-order valence-electron chi connectivity index (χ4n) is 5.22. The molecule has 0 aliphatic heterocycles. The lowest BCUT2D eigenvalue weighted by molar-refractivity contribution is -0.164. The van der Waals surface area contributed by atoms with Gasteiger partial charge >= 0.3 is 12.4 Å². The molecule has 0 saturated heterocycles. The molecule has 110 heavy (non-hydrogen) atoms. The average Bonchev–Trinajstić information content (AvgIpc) is 1.78. The molecule has 0 aromatic heterocycles. The Morgan fingerprint density at radius 1 is 0.482 bits per heavy atom. The summed E-state index contributed by atoms with van der Waals surface area (Å²) in [6, 6.07) is 0. The summed E-state index contributed by atoms with van der Waals surface area (Å²) in [6.45, 7) is 102. The van der Waals surface area contributed by atoms with Crippen LogP contribution in [0.25, 0.3) is 0 Å². The van der Waals surface area contributed by atoms with E-state index in [4.69, 9.17) is 11.2 Å². The van der Waals surface area contributed by atoms with Crippen molar-refractivity contribution in [2.24, 2.45) is 99.6 Å². The van der Waals surface area contributed by atoms with Crippen molar-refractivity contribution in [2.75, 3.05) is 13.7 Å². The van der Waals surface area contributed by atoms with Crippen molar-refractivity contribution < 1.29 is 31.1 Å². The van der Waals surface area contributed by atoms with Gasteiger partial charge in [0, 0.05) is 38.9 Å². The molecule has 0 heterocycles. The van der Waals surface area contributed by atoms with Crippen LogP contribution in [0.15, 0.2) is 24.8 Å². The molecule has 0 atom stereocenters. The molecule has 1 nitrogen and oxygen atoms in total. The molecule has 680 valence electrons. The second-order valence-electron chi connectivity index (χ2n) is 36.6. The highest BCUT2D eigenvalue weighted by Gasteiger charge is 2.31. The van der Waals surface area contributed by atoms with E-state index in [9.17, 15) is 26.3 Å². The molecule has 5 fully saturated rings. The minimum atomic E-state index is -4.00. The second-order valence-corrected chi connectivity index (χ2v) is 36.6. The summed E-state index contributed by atoms with van der Waals surface area (Å²) in [7, 11) is 1.71. The number of unbranched alkanes of at least 4 members (excludes halogenated alkanes) is 1. The molecule has 0 N–H and O–H groups in total. The molecule has 0 aromatic rings. The third-order valence-electron chi connectivity index (χ3n) is 18.2. The van der Waals surface area contributed by atoms with Gasteiger partial charge in [0.15, 0.2) is 0 Å². The predicted molar refractivity (Wildman–Crippen MR) is 507 cm³/mol. The van der Waals surface area contributed by atoms with E-state index >= 15 is 0 Å². The molecular weight excluding hydrogens is 1370 g/mol. The van der Waals surface area contributed by atoms with Gasteiger partial charge in [-0.2, -0.15) is 26.3 Å². The number of halogens is 6. The highest BCUT2D eigenvalue weighted by molar-refractivity contribution is 4.93. The lowest BCUT2D eigenvalue weighted by Gasteiger charge is -2.22. The number of hydrogen-bond donors (Lipinski definition) is 0. The number of rotatable bonds is 13. The summed E-state index contributed by atoms with van der Waals surface area (Å²) in [6.07, 6.45) is 36.1. The Balaban J connectivity index is -0.0000000605. The Hall–Kier alpha value is -1.86. The summed E-state index contributed by atoms with van der Waals surface area (Å²) in [5.41, 5.74) is 2.30. The maximum Gasteiger partial charge on any atom is 0.391 e. The molecule has 0 radical (unpaired) electrons. The summed E-state index contributed by atoms with van der Waals surface area (Å²) >= 11 is 0. The fraction of sp³-hybridized carbons (Fsp3) is 0.922. The van der Waals surface area contributed by atoms with Gasteiger partial charge in [0.25, 0.3) is 0 Å². The van der Waals surface area contributed by atoms with Crippen LogP contribution in [0.1, 0.15) is 498 Å². The van der Waals surface area contributed by atoms with Crippen LogP contribution in [0.5, 0.6) is 0 Å². The van der Waals surface area contributed by atoms with Gasteiger partial charge in [0.2, 0.25) is 0 Å². The number of hydrogen-bond acceptors (Lipinski definition) is 1. The maximum absolute atomic E-state index is 11.2. The van der Waals surface area contributed by atoms with Crippen LogP contribution in [-0.2, 0) is 4.74 Å². The Morgan fingerprint density at radius 2 is 0.745 bits per heavy atom. The summed E-state index contributed by atoms with van der Waals surface area (Å²) < 4.78 is 70.6. The van der Waals surface area contributed by atoms with Crippen molar-refractivity contribution in [2.45, 2.75) is 511 Å². The number of ether oxygens (including phenoxy) is 1. The first-order valence-electron chi connectivity index (χ1n) is 45.6. The lowest BCUT2D eigenvalue weighted by Crippen LogP contribution is -2.15. The Kier molecular flexibility index (Phi) is 145. The van der Waals surface area contributed by atoms with Gasteiger partial charge in [-0.25, -0.2) is 0 Å². The van der Waals surface area contributed by atoms with Crippen LogP contribution >= 0.6 is 0 Å². The molecular formula is C103H220F6O. The van der Waals surface area contributed by atoms with Gasteiger partial charge in [0.1, 0.15) is 0 Å². The molecule has 7 heteroatoms. The largest absolute Gasteiger partial charge is 0.391 e. The van der Waals surface area contributed by atoms with Crippen LogP contribution < -0.4 is 0 Å². The van der Waals surface area contributed by atoms with Gasteiger partial charge in [-0.3, -0.25) is 0 Å². The summed E-state index contributed by atoms with van der Waals surface area (Å²) in [4.78, 5) is 0. The van der Waals surface area contributed by atoms with Crippen molar-refractivity contribution in [3.8, 4) is 24.2 Å². The normalized spacial score (nSPS) is 13.5. The van der Waals surface area contributed by atoms with Gasteiger partial charge < -0.3 is 4.74 Å². The molecule has 5 rings (SSSR count). The molecule has 0 aromatic carbocycles. The molecule has 0 bridgehead atoms. The van der Waals surface area contributed by atoms with E-state index in [0.29, 0.717) is 10.8 Å². The second kappa shape index (κ2) is 109. The van der Waals surface area contributed by atoms with E-state index in [2.05, 4.69) is 287 Å². The van der Waals surface area contributed by atoms with Crippen molar-refractivity contribution in [1.82, 2.24) is 0 Å². The molecule has 5 saturated carbocycles. The zero-order chi connectivity index (χ0) is 90.0. The molecule has 0 unspecified atom stereocenters. The zero-order valence-electron chi connectivity index (χ0n) is 84.1. The average molecular weight is 1590 g/mol. The minimum absolute atomic E-state index is 0. The van der Waals surface area contributed by atoms with Crippen LogP contribution in [0.2, 0.25) is 0 Å². The van der Waals surface area contributed by atoms with Crippen LogP contribution in [-0.4, -0.2) is 26.1 Å². The maximum atomic E-state index is 11.2. The number of alkyl halides is 6. The quantitative estimate of drug-likeness (QED) is 0.101. The first-order valence-corrected chi connectivity index (χ1v) is 45.6. The van der Waals surface area contributed by atoms with E-state index < -0.39 is 24.7 Å². The highest BCUT2D eigenvalue weighted by Crippen LogP contribution is 2.36. The van der Waals surface area contributed by atoms with Crippen molar-refractivity contribution >= 4 is 0 Å². The van der Waals surface area contributed by atoms with E-state index in [-0.39, 0.29) is 7.43 Å². The molecule has 0 amide bonds. The monoisotopic (exact) mass is 1590 g/mol. The number of terminal acetylenes is 1. The van der Waals surface area contributed by atoms with E-state index in [1.807, 2.05) is 33.8 Å². The number of methoxy groups -OCH3 is 1. The van der Waals surface area contributed by atoms with Gasteiger partial charge in [-0.05, 0) is 146 Å². The van der Waals surface area contributed by atoms with E-state index in [0.717, 1.165) is 142 Å². The first kappa shape index (κ1) is 146. The number of allylic oxidation sites excluding steroid dienone is 2. The minimum Gasteiger partial charge on any atom is -0.385 e. The Labute approximate surface area is 700 Å². The van der Waals surface area contributed by atoms with E-state index in [1.165, 1.54) is 153 Å². The molecule has 5 aliphatic carbocycles. The van der Waals surface area contributed by atoms with Gasteiger partial charge in [-0.15, -0.1) is 37.3 Å². The van der Waals surface area contributed by atoms with Gasteiger partial charge in [-0.1, -0.05) is 438 Å². The van der Waals surface area contributed by atoms with Crippen molar-refractivity contribution in [1.29, 1.82) is 0 Å². The Morgan fingerprint density at radius 3 is 0.764 bits per heavy atom. The first-order chi connectivity index (χ1) is 49.8. The molecule has 5 aliphatic rings.